The second-order valence-corrected chi connectivity index (χ2v) is 6.39. The van der Waals surface area contributed by atoms with E-state index in [1.807, 2.05) is 13.8 Å². The van der Waals surface area contributed by atoms with Crippen molar-refractivity contribution in [3.63, 3.8) is 0 Å². The van der Waals surface area contributed by atoms with Crippen LogP contribution < -0.4 is 0 Å². The molecule has 0 bridgehead atoms. The number of alkyl halides is 2. The fraction of sp³-hybridized carbons (Fsp3) is 1.00. The zero-order valence-electron chi connectivity index (χ0n) is 10.6. The summed E-state index contributed by atoms with van der Waals surface area (Å²) in [6.45, 7) is 3.89. The summed E-state index contributed by atoms with van der Waals surface area (Å²) in [4.78, 5) is 0. The Morgan fingerprint density at radius 2 is 1.18 bits per heavy atom. The van der Waals surface area contributed by atoms with Gasteiger partial charge in [0, 0.05) is 0 Å². The molecule has 1 saturated heterocycles. The number of ether oxygens (including phenoxy) is 1. The summed E-state index contributed by atoms with van der Waals surface area (Å²) in [5.41, 5.74) is 0. The minimum absolute atomic E-state index is 0.0758. The highest BCUT2D eigenvalue weighted by Crippen LogP contribution is 2.50. The van der Waals surface area contributed by atoms with Crippen molar-refractivity contribution in [2.75, 3.05) is 0 Å². The van der Waals surface area contributed by atoms with Gasteiger partial charge in [-0.2, -0.15) is 0 Å². The van der Waals surface area contributed by atoms with Crippen molar-refractivity contribution in [3.8, 4) is 0 Å². The molecule has 2 aliphatic carbocycles. The highest BCUT2D eigenvalue weighted by molar-refractivity contribution is 5.02. The molecule has 3 aliphatic rings. The molecule has 0 amide bonds. The lowest BCUT2D eigenvalue weighted by Gasteiger charge is -2.36. The van der Waals surface area contributed by atoms with Crippen molar-refractivity contribution in [2.24, 2.45) is 23.7 Å². The van der Waals surface area contributed by atoms with Crippen LogP contribution in [0.15, 0.2) is 0 Å². The van der Waals surface area contributed by atoms with Crippen LogP contribution in [0.2, 0.25) is 0 Å². The second kappa shape index (κ2) is 4.18. The van der Waals surface area contributed by atoms with Crippen molar-refractivity contribution in [3.05, 3.63) is 0 Å². The van der Waals surface area contributed by atoms with Gasteiger partial charge in [0.25, 0.3) is 0 Å². The van der Waals surface area contributed by atoms with E-state index in [9.17, 15) is 8.78 Å². The topological polar surface area (TPSA) is 9.23 Å². The van der Waals surface area contributed by atoms with Crippen LogP contribution in [0.3, 0.4) is 0 Å². The van der Waals surface area contributed by atoms with E-state index in [1.54, 1.807) is 0 Å². The summed E-state index contributed by atoms with van der Waals surface area (Å²) >= 11 is 0. The zero-order chi connectivity index (χ0) is 12.2. The molecule has 8 unspecified atom stereocenters. The molecule has 0 aromatic carbocycles. The average molecular weight is 244 g/mol. The van der Waals surface area contributed by atoms with Gasteiger partial charge < -0.3 is 4.74 Å². The first-order valence-electron chi connectivity index (χ1n) is 7.03. The Hall–Kier alpha value is -0.180. The minimum atomic E-state index is -0.887. The molecule has 3 heteroatoms. The SMILES string of the molecule is CC1CCC2C3CCC(C)C(F)C3OC2C1F. The fourth-order valence-electron chi connectivity index (χ4n) is 4.13. The molecular formula is C14H22F2O. The van der Waals surface area contributed by atoms with Crippen LogP contribution in [0.5, 0.6) is 0 Å². The lowest BCUT2D eigenvalue weighted by molar-refractivity contribution is -0.0835. The van der Waals surface area contributed by atoms with Crippen LogP contribution in [0, 0.1) is 23.7 Å². The van der Waals surface area contributed by atoms with Crippen LogP contribution in [-0.2, 0) is 4.74 Å². The summed E-state index contributed by atoms with van der Waals surface area (Å²) < 4.78 is 34.1. The summed E-state index contributed by atoms with van der Waals surface area (Å²) in [7, 11) is 0. The van der Waals surface area contributed by atoms with E-state index >= 15 is 0 Å². The van der Waals surface area contributed by atoms with Crippen LogP contribution in [0.25, 0.3) is 0 Å². The lowest BCUT2D eigenvalue weighted by atomic mass is 9.68. The Balaban J connectivity index is 1.81. The van der Waals surface area contributed by atoms with Crippen molar-refractivity contribution in [2.45, 2.75) is 64.1 Å². The van der Waals surface area contributed by atoms with E-state index in [0.29, 0.717) is 0 Å². The quantitative estimate of drug-likeness (QED) is 0.633. The predicted octanol–water partition coefficient (Wildman–Crippen LogP) is 3.52. The van der Waals surface area contributed by atoms with E-state index < -0.39 is 12.3 Å². The van der Waals surface area contributed by atoms with Gasteiger partial charge in [-0.1, -0.05) is 13.8 Å². The van der Waals surface area contributed by atoms with Crippen LogP contribution >= 0.6 is 0 Å². The van der Waals surface area contributed by atoms with Gasteiger partial charge >= 0.3 is 0 Å². The smallest absolute Gasteiger partial charge is 0.129 e. The van der Waals surface area contributed by atoms with Gasteiger partial charge in [0.1, 0.15) is 12.3 Å². The first-order valence-corrected chi connectivity index (χ1v) is 7.03. The third-order valence-electron chi connectivity index (χ3n) is 5.33. The van der Waals surface area contributed by atoms with Gasteiger partial charge in [0.2, 0.25) is 0 Å². The largest absolute Gasteiger partial charge is 0.368 e. The highest BCUT2D eigenvalue weighted by atomic mass is 19.1. The maximum absolute atomic E-state index is 14.1. The maximum Gasteiger partial charge on any atom is 0.129 e. The third-order valence-corrected chi connectivity index (χ3v) is 5.33. The second-order valence-electron chi connectivity index (χ2n) is 6.39. The predicted molar refractivity (Wildman–Crippen MR) is 62.2 cm³/mol. The van der Waals surface area contributed by atoms with Gasteiger partial charge in [-0.3, -0.25) is 0 Å². The Labute approximate surface area is 102 Å². The summed E-state index contributed by atoms with van der Waals surface area (Å²) in [5.74, 6) is 0.702. The fourth-order valence-corrected chi connectivity index (χ4v) is 4.13. The van der Waals surface area contributed by atoms with Crippen molar-refractivity contribution < 1.29 is 13.5 Å². The molecule has 2 saturated carbocycles. The zero-order valence-corrected chi connectivity index (χ0v) is 10.6. The van der Waals surface area contributed by atoms with Gasteiger partial charge in [-0.05, 0) is 49.4 Å². The van der Waals surface area contributed by atoms with Crippen LogP contribution in [-0.4, -0.2) is 24.6 Å². The number of rotatable bonds is 0. The third kappa shape index (κ3) is 1.73. The number of halogens is 2. The minimum Gasteiger partial charge on any atom is -0.368 e. The van der Waals surface area contributed by atoms with Gasteiger partial charge in [0.05, 0.1) is 12.2 Å². The Morgan fingerprint density at radius 3 is 1.59 bits per heavy atom. The maximum atomic E-state index is 14.1. The van der Waals surface area contributed by atoms with E-state index in [2.05, 4.69) is 0 Å². The summed E-state index contributed by atoms with van der Waals surface area (Å²) in [5, 5.41) is 0. The van der Waals surface area contributed by atoms with E-state index in [4.69, 9.17) is 4.74 Å². The first kappa shape index (κ1) is 11.9. The van der Waals surface area contributed by atoms with Crippen LogP contribution in [0.4, 0.5) is 8.78 Å². The van der Waals surface area contributed by atoms with Gasteiger partial charge in [0.15, 0.2) is 0 Å². The monoisotopic (exact) mass is 244 g/mol. The van der Waals surface area contributed by atoms with E-state index in [1.165, 1.54) is 0 Å². The molecule has 1 heterocycles. The molecule has 1 aliphatic heterocycles. The molecule has 98 valence electrons. The lowest BCUT2D eigenvalue weighted by Crippen LogP contribution is -2.40. The molecule has 0 spiro atoms. The molecule has 8 atom stereocenters. The molecule has 1 nitrogen and oxygen atoms in total. The average Bonchev–Trinajstić information content (AvgIpc) is 2.69. The molecule has 3 fully saturated rings. The molecule has 17 heavy (non-hydrogen) atoms. The summed E-state index contributed by atoms with van der Waals surface area (Å²) in [6.07, 6.45) is 1.49. The van der Waals surface area contributed by atoms with Crippen molar-refractivity contribution in [1.82, 2.24) is 0 Å². The molecular weight excluding hydrogens is 222 g/mol. The van der Waals surface area contributed by atoms with Gasteiger partial charge in [-0.15, -0.1) is 0 Å². The molecule has 0 aromatic rings. The number of hydrogen-bond acceptors (Lipinski definition) is 1. The standard InChI is InChI=1S/C14H22F2O/c1-7-3-5-9-10-6-4-8(2)12(16)14(10)17-13(9)11(7)15/h7-14H,3-6H2,1-2H3. The highest BCUT2D eigenvalue weighted by Gasteiger charge is 2.55. The van der Waals surface area contributed by atoms with Gasteiger partial charge in [-0.25, -0.2) is 8.78 Å². The van der Waals surface area contributed by atoms with E-state index in [0.717, 1.165) is 25.7 Å². The number of fused-ring (bicyclic) bond motifs is 3. The first-order chi connectivity index (χ1) is 8.09. The van der Waals surface area contributed by atoms with Crippen molar-refractivity contribution >= 4 is 0 Å². The molecule has 0 radical (unpaired) electrons. The molecule has 0 aromatic heterocycles. The van der Waals surface area contributed by atoms with E-state index in [-0.39, 0.29) is 35.9 Å². The number of hydrogen-bond donors (Lipinski definition) is 0. The Morgan fingerprint density at radius 1 is 0.765 bits per heavy atom. The Kier molecular flexibility index (Phi) is 2.92. The normalized spacial score (nSPS) is 58.6. The van der Waals surface area contributed by atoms with Crippen molar-refractivity contribution in [1.29, 1.82) is 0 Å². The Bertz CT molecular complexity index is 264. The molecule has 0 N–H and O–H groups in total. The summed E-state index contributed by atoms with van der Waals surface area (Å²) in [6, 6.07) is 0. The van der Waals surface area contributed by atoms with Crippen LogP contribution in [0.1, 0.15) is 39.5 Å². The molecule has 3 rings (SSSR count).